The molecule has 0 spiro atoms. The number of aryl methyl sites for hydroxylation is 1. The number of carbonyl (C=O) groups excluding carboxylic acids is 2. The van der Waals surface area contributed by atoms with Gasteiger partial charge in [0.15, 0.2) is 5.78 Å². The van der Waals surface area contributed by atoms with Gasteiger partial charge in [-0.3, -0.25) is 9.59 Å². The van der Waals surface area contributed by atoms with Crippen molar-refractivity contribution in [3.63, 3.8) is 0 Å². The Balaban J connectivity index is 1.55. The molecule has 1 amide bonds. The van der Waals surface area contributed by atoms with Crippen LogP contribution in [0, 0.1) is 0 Å². The third-order valence-corrected chi connectivity index (χ3v) is 5.55. The predicted molar refractivity (Wildman–Crippen MR) is 111 cm³/mol. The lowest BCUT2D eigenvalue weighted by Crippen LogP contribution is -2.36. The van der Waals surface area contributed by atoms with Crippen LogP contribution < -0.4 is 4.74 Å². The van der Waals surface area contributed by atoms with Gasteiger partial charge in [-0.15, -0.1) is 0 Å². The maximum atomic E-state index is 12.8. The van der Waals surface area contributed by atoms with Crippen LogP contribution in [0.2, 0.25) is 0 Å². The first-order valence-electron chi connectivity index (χ1n) is 10.1. The average molecular weight is 380 g/mol. The highest BCUT2D eigenvalue weighted by atomic mass is 16.5. The van der Waals surface area contributed by atoms with E-state index in [1.54, 1.807) is 7.11 Å². The molecule has 0 N–H and O–H groups in total. The molecular weight excluding hydrogens is 350 g/mol. The van der Waals surface area contributed by atoms with Gasteiger partial charge in [-0.05, 0) is 48.9 Å². The summed E-state index contributed by atoms with van der Waals surface area (Å²) in [6, 6.07) is 15.9. The van der Waals surface area contributed by atoms with Crippen LogP contribution in [-0.2, 0) is 17.6 Å². The second-order valence-electron chi connectivity index (χ2n) is 7.41. The molecule has 0 bridgehead atoms. The van der Waals surface area contributed by atoms with E-state index in [1.165, 1.54) is 11.1 Å². The van der Waals surface area contributed by atoms with E-state index in [9.17, 15) is 9.59 Å². The summed E-state index contributed by atoms with van der Waals surface area (Å²) in [6.45, 7) is 2.88. The highest BCUT2D eigenvalue weighted by Gasteiger charge is 2.28. The third-order valence-electron chi connectivity index (χ3n) is 5.55. The Morgan fingerprint density at radius 3 is 2.57 bits per heavy atom. The van der Waals surface area contributed by atoms with Crippen LogP contribution in [0.1, 0.15) is 54.1 Å². The van der Waals surface area contributed by atoms with Gasteiger partial charge in [-0.1, -0.05) is 43.3 Å². The number of rotatable bonds is 8. The van der Waals surface area contributed by atoms with E-state index in [4.69, 9.17) is 4.74 Å². The molecule has 1 heterocycles. The van der Waals surface area contributed by atoms with Gasteiger partial charge >= 0.3 is 0 Å². The zero-order valence-electron chi connectivity index (χ0n) is 16.8. The Kier molecular flexibility index (Phi) is 6.85. The molecule has 1 aliphatic heterocycles. The molecule has 0 radical (unpaired) electrons. The minimum atomic E-state index is 0.0412. The molecule has 1 unspecified atom stereocenters. The Morgan fingerprint density at radius 2 is 1.86 bits per heavy atom. The van der Waals surface area contributed by atoms with Gasteiger partial charge in [0.05, 0.1) is 7.11 Å². The van der Waals surface area contributed by atoms with Crippen LogP contribution in [0.3, 0.4) is 0 Å². The first-order valence-corrected chi connectivity index (χ1v) is 10.1. The average Bonchev–Trinajstić information content (AvgIpc) is 3.20. The first-order chi connectivity index (χ1) is 13.6. The molecule has 1 atom stereocenters. The van der Waals surface area contributed by atoms with Crippen molar-refractivity contribution in [1.82, 2.24) is 4.90 Å². The molecule has 2 aromatic carbocycles. The summed E-state index contributed by atoms with van der Waals surface area (Å²) in [6.07, 6.45) is 4.36. The topological polar surface area (TPSA) is 46.6 Å². The monoisotopic (exact) mass is 379 g/mol. The van der Waals surface area contributed by atoms with Crippen molar-refractivity contribution >= 4 is 11.7 Å². The molecule has 0 aliphatic carbocycles. The van der Waals surface area contributed by atoms with E-state index in [0.29, 0.717) is 5.56 Å². The summed E-state index contributed by atoms with van der Waals surface area (Å²) >= 11 is 0. The Hall–Kier alpha value is -2.62. The molecule has 0 aromatic heterocycles. The van der Waals surface area contributed by atoms with Gasteiger partial charge in [-0.25, -0.2) is 0 Å². The minimum absolute atomic E-state index is 0.0412. The summed E-state index contributed by atoms with van der Waals surface area (Å²) < 4.78 is 5.30. The molecule has 148 valence electrons. The van der Waals surface area contributed by atoms with Crippen LogP contribution in [-0.4, -0.2) is 36.3 Å². The largest absolute Gasteiger partial charge is 0.497 e. The Labute approximate surface area is 167 Å². The lowest BCUT2D eigenvalue weighted by atomic mass is 10.0. The molecule has 0 saturated carbocycles. The molecule has 3 rings (SSSR count). The van der Waals surface area contributed by atoms with Crippen molar-refractivity contribution < 1.29 is 14.3 Å². The van der Waals surface area contributed by atoms with Gasteiger partial charge in [-0.2, -0.15) is 0 Å². The molecule has 4 nitrogen and oxygen atoms in total. The van der Waals surface area contributed by atoms with Crippen molar-refractivity contribution in [2.24, 2.45) is 0 Å². The smallest absolute Gasteiger partial charge is 0.223 e. The standard InChI is InChI=1S/C24H29NO3/c1-3-18-9-11-20(12-10-18)23(26)13-14-24(27)25-15-5-7-21(25)16-19-6-4-8-22(17-19)28-2/h4,6,8-12,17,21H,3,5,7,13-16H2,1-2H3. The molecule has 1 aliphatic rings. The van der Waals surface area contributed by atoms with Crippen LogP contribution in [0.5, 0.6) is 5.75 Å². The van der Waals surface area contributed by atoms with E-state index >= 15 is 0 Å². The predicted octanol–water partition coefficient (Wildman–Crippen LogP) is 4.45. The highest BCUT2D eigenvalue weighted by molar-refractivity contribution is 5.98. The number of likely N-dealkylation sites (tertiary alicyclic amines) is 1. The van der Waals surface area contributed by atoms with E-state index in [-0.39, 0.29) is 30.6 Å². The van der Waals surface area contributed by atoms with Crippen molar-refractivity contribution in [2.45, 2.75) is 51.5 Å². The van der Waals surface area contributed by atoms with Gasteiger partial charge in [0.25, 0.3) is 0 Å². The number of carbonyl (C=O) groups is 2. The van der Waals surface area contributed by atoms with Crippen LogP contribution in [0.15, 0.2) is 48.5 Å². The summed E-state index contributed by atoms with van der Waals surface area (Å²) in [7, 11) is 1.66. The second kappa shape index (κ2) is 9.54. The fraction of sp³-hybridized carbons (Fsp3) is 0.417. The van der Waals surface area contributed by atoms with E-state index in [1.807, 2.05) is 47.4 Å². The Morgan fingerprint density at radius 1 is 1.07 bits per heavy atom. The lowest BCUT2D eigenvalue weighted by molar-refractivity contribution is -0.131. The summed E-state index contributed by atoms with van der Waals surface area (Å²) in [5, 5.41) is 0. The number of methoxy groups -OCH3 is 1. The highest BCUT2D eigenvalue weighted by Crippen LogP contribution is 2.24. The quantitative estimate of drug-likeness (QED) is 0.637. The maximum Gasteiger partial charge on any atom is 0.223 e. The summed E-state index contributed by atoms with van der Waals surface area (Å²) in [5.74, 6) is 0.969. The zero-order valence-corrected chi connectivity index (χ0v) is 16.8. The van der Waals surface area contributed by atoms with Crippen molar-refractivity contribution in [2.75, 3.05) is 13.7 Å². The molecule has 28 heavy (non-hydrogen) atoms. The summed E-state index contributed by atoms with van der Waals surface area (Å²) in [5.41, 5.74) is 3.08. The summed E-state index contributed by atoms with van der Waals surface area (Å²) in [4.78, 5) is 27.1. The molecule has 1 fully saturated rings. The zero-order chi connectivity index (χ0) is 19.9. The Bertz CT molecular complexity index is 813. The van der Waals surface area contributed by atoms with Crippen LogP contribution in [0.4, 0.5) is 0 Å². The van der Waals surface area contributed by atoms with E-state index < -0.39 is 0 Å². The lowest BCUT2D eigenvalue weighted by Gasteiger charge is -2.25. The molecule has 1 saturated heterocycles. The molecule has 4 heteroatoms. The van der Waals surface area contributed by atoms with Gasteiger partial charge in [0.2, 0.25) is 5.91 Å². The normalized spacial score (nSPS) is 16.2. The molecule has 2 aromatic rings. The third kappa shape index (κ3) is 5.00. The van der Waals surface area contributed by atoms with E-state index in [0.717, 1.165) is 38.0 Å². The molecular formula is C24H29NO3. The first kappa shape index (κ1) is 20.1. The minimum Gasteiger partial charge on any atom is -0.497 e. The number of ketones is 1. The maximum absolute atomic E-state index is 12.8. The van der Waals surface area contributed by atoms with Crippen molar-refractivity contribution in [3.8, 4) is 5.75 Å². The van der Waals surface area contributed by atoms with Gasteiger partial charge < -0.3 is 9.64 Å². The van der Waals surface area contributed by atoms with Crippen molar-refractivity contribution in [3.05, 3.63) is 65.2 Å². The van der Waals surface area contributed by atoms with Gasteiger partial charge in [0.1, 0.15) is 5.75 Å². The number of Topliss-reactive ketones (excluding diaryl/α,β-unsaturated/α-hetero) is 1. The SMILES string of the molecule is CCc1ccc(C(=O)CCC(=O)N2CCCC2Cc2cccc(OC)c2)cc1. The van der Waals surface area contributed by atoms with Gasteiger partial charge in [0, 0.05) is 31.0 Å². The fourth-order valence-corrected chi connectivity index (χ4v) is 3.88. The number of hydrogen-bond acceptors (Lipinski definition) is 3. The number of nitrogens with zero attached hydrogens (tertiary/aromatic N) is 1. The van der Waals surface area contributed by atoms with Crippen LogP contribution in [0.25, 0.3) is 0 Å². The number of benzene rings is 2. The van der Waals surface area contributed by atoms with Crippen molar-refractivity contribution in [1.29, 1.82) is 0 Å². The fourth-order valence-electron chi connectivity index (χ4n) is 3.88. The second-order valence-corrected chi connectivity index (χ2v) is 7.41. The number of amides is 1. The van der Waals surface area contributed by atoms with E-state index in [2.05, 4.69) is 13.0 Å². The number of hydrogen-bond donors (Lipinski definition) is 0. The van der Waals surface area contributed by atoms with Crippen LogP contribution >= 0.6 is 0 Å². The number of ether oxygens (including phenoxy) is 1.